The monoisotopic (exact) mass is 650 g/mol. The van der Waals surface area contributed by atoms with E-state index in [4.69, 9.17) is 31.9 Å². The second-order valence-corrected chi connectivity index (χ2v) is 11.5. The van der Waals surface area contributed by atoms with Crippen molar-refractivity contribution in [2.75, 3.05) is 0 Å². The van der Waals surface area contributed by atoms with Crippen molar-refractivity contribution < 1.29 is 31.9 Å². The molecule has 0 radical (unpaired) electrons. The summed E-state index contributed by atoms with van der Waals surface area (Å²) in [5.74, 6) is 3.82. The van der Waals surface area contributed by atoms with E-state index in [2.05, 4.69) is 19.9 Å². The van der Waals surface area contributed by atoms with E-state index in [-0.39, 0.29) is 0 Å². The zero-order valence-corrected chi connectivity index (χ0v) is 25.7. The molecule has 0 atom stereocenters. The molecule has 0 unspecified atom stereocenters. The molecule has 6 aromatic rings. The van der Waals surface area contributed by atoms with Gasteiger partial charge in [0.15, 0.2) is 23.0 Å². The molecule has 46 heavy (non-hydrogen) atoms. The number of rotatable bonds is 12. The van der Waals surface area contributed by atoms with Gasteiger partial charge in [-0.25, -0.2) is 0 Å². The lowest BCUT2D eigenvalue weighted by Crippen LogP contribution is -2.09. The highest BCUT2D eigenvalue weighted by atomic mass is 31.2. The SMILES string of the molecule is c1cncc(OP(Oc2cccnc2)Oc2cccc3c2Oc2c(cccc2OP(Oc2cccnc2)Oc2cccnc2)C3)c1. The molecule has 13 heteroatoms. The van der Waals surface area contributed by atoms with Crippen LogP contribution < -0.4 is 31.9 Å². The van der Waals surface area contributed by atoms with Crippen molar-refractivity contribution in [1.29, 1.82) is 0 Å². The zero-order chi connectivity index (χ0) is 31.0. The van der Waals surface area contributed by atoms with Gasteiger partial charge < -0.3 is 31.9 Å². The third-order valence-corrected chi connectivity index (χ3v) is 8.44. The lowest BCUT2D eigenvalue weighted by molar-refractivity contribution is 0.357. The highest BCUT2D eigenvalue weighted by Crippen LogP contribution is 2.53. The number of hydrogen-bond donors (Lipinski definition) is 0. The summed E-state index contributed by atoms with van der Waals surface area (Å²) in [5.41, 5.74) is 1.83. The number of pyridine rings is 4. The van der Waals surface area contributed by atoms with Gasteiger partial charge in [-0.05, 0) is 60.7 Å². The first-order valence-corrected chi connectivity index (χ1v) is 16.2. The van der Waals surface area contributed by atoms with E-state index in [9.17, 15) is 0 Å². The number of fused-ring (bicyclic) bond motifs is 2. The molecule has 0 N–H and O–H groups in total. The lowest BCUT2D eigenvalue weighted by atomic mass is 10.00. The largest absolute Gasteiger partial charge is 0.530 e. The van der Waals surface area contributed by atoms with Crippen LogP contribution in [0.2, 0.25) is 0 Å². The van der Waals surface area contributed by atoms with Gasteiger partial charge in [0.2, 0.25) is 0 Å². The van der Waals surface area contributed by atoms with E-state index in [1.807, 2.05) is 24.3 Å². The molecule has 0 aliphatic carbocycles. The smallest absolute Gasteiger partial charge is 0.449 e. The summed E-state index contributed by atoms with van der Waals surface area (Å²) < 4.78 is 43.6. The van der Waals surface area contributed by atoms with Crippen LogP contribution in [0, 0.1) is 0 Å². The molecular weight excluding hydrogens is 626 g/mol. The van der Waals surface area contributed by atoms with Crippen LogP contribution in [0.4, 0.5) is 0 Å². The van der Waals surface area contributed by atoms with Crippen molar-refractivity contribution in [3.05, 3.63) is 146 Å². The van der Waals surface area contributed by atoms with Crippen molar-refractivity contribution in [2.24, 2.45) is 0 Å². The van der Waals surface area contributed by atoms with Gasteiger partial charge in [0.1, 0.15) is 23.0 Å². The average Bonchev–Trinajstić information content (AvgIpc) is 3.10. The summed E-state index contributed by atoms with van der Waals surface area (Å²) in [7, 11) is -3.98. The number of ether oxygens (including phenoxy) is 1. The summed E-state index contributed by atoms with van der Waals surface area (Å²) in [6, 6.07) is 25.5. The van der Waals surface area contributed by atoms with E-state index in [1.165, 1.54) is 0 Å². The Labute approximate surface area is 266 Å². The first-order valence-electron chi connectivity index (χ1n) is 14.0. The zero-order valence-electron chi connectivity index (χ0n) is 23.9. The van der Waals surface area contributed by atoms with Gasteiger partial charge >= 0.3 is 17.2 Å². The summed E-state index contributed by atoms with van der Waals surface area (Å²) in [6.45, 7) is 0. The third kappa shape index (κ3) is 7.24. The predicted octanol–water partition coefficient (Wildman–Crippen LogP) is 8.49. The van der Waals surface area contributed by atoms with Crippen molar-refractivity contribution in [1.82, 2.24) is 19.9 Å². The quantitative estimate of drug-likeness (QED) is 0.119. The molecule has 0 amide bonds. The maximum absolute atomic E-state index is 6.54. The van der Waals surface area contributed by atoms with E-state index in [1.54, 1.807) is 110 Å². The predicted molar refractivity (Wildman–Crippen MR) is 170 cm³/mol. The van der Waals surface area contributed by atoms with E-state index < -0.39 is 17.2 Å². The van der Waals surface area contributed by atoms with Gasteiger partial charge in [-0.1, -0.05) is 24.3 Å². The van der Waals surface area contributed by atoms with E-state index >= 15 is 0 Å². The molecule has 0 spiro atoms. The molecule has 0 bridgehead atoms. The van der Waals surface area contributed by atoms with Crippen molar-refractivity contribution in [2.45, 2.75) is 6.42 Å². The third-order valence-electron chi connectivity index (χ3n) is 6.31. The van der Waals surface area contributed by atoms with Crippen molar-refractivity contribution in [3.63, 3.8) is 0 Å². The van der Waals surface area contributed by atoms with Crippen LogP contribution in [-0.4, -0.2) is 19.9 Å². The fourth-order valence-electron chi connectivity index (χ4n) is 4.30. The first-order chi connectivity index (χ1) is 22.8. The van der Waals surface area contributed by atoms with Gasteiger partial charge in [0.25, 0.3) is 0 Å². The highest BCUT2D eigenvalue weighted by molar-refractivity contribution is 7.43. The van der Waals surface area contributed by atoms with Crippen LogP contribution in [0.1, 0.15) is 11.1 Å². The Kier molecular flexibility index (Phi) is 8.94. The number of hydrogen-bond acceptors (Lipinski definition) is 11. The average molecular weight is 651 g/mol. The van der Waals surface area contributed by atoms with Crippen LogP contribution in [0.3, 0.4) is 0 Å². The molecule has 0 saturated carbocycles. The minimum absolute atomic E-state index is 0.428. The van der Waals surface area contributed by atoms with Crippen molar-refractivity contribution in [3.8, 4) is 46.0 Å². The summed E-state index contributed by atoms with van der Waals surface area (Å²) in [4.78, 5) is 16.5. The standard InChI is InChI=1S/C33H24N4O7P2/c1-7-24-19-25-8-2-14-31(44-46(41-28-11-5-17-36-22-28)42-29-12-6-18-37-23-29)33(25)38-32(24)30(13-1)43-45(39-26-9-3-15-34-20-26)40-27-10-4-16-35-21-27/h1-18,20-23H,19H2. The van der Waals surface area contributed by atoms with Gasteiger partial charge in [-0.3, -0.25) is 19.9 Å². The minimum Gasteiger partial charge on any atom is -0.449 e. The Hall–Kier alpha value is -5.50. The number of benzene rings is 2. The molecule has 228 valence electrons. The molecule has 11 nitrogen and oxygen atoms in total. The fourth-order valence-corrected chi connectivity index (χ4v) is 6.26. The maximum atomic E-state index is 6.54. The van der Waals surface area contributed by atoms with Gasteiger partial charge in [0.05, 0.1) is 24.8 Å². The second-order valence-electron chi connectivity index (χ2n) is 9.52. The van der Waals surface area contributed by atoms with E-state index in [0.717, 1.165) is 11.1 Å². The molecule has 1 aliphatic rings. The summed E-state index contributed by atoms with van der Waals surface area (Å²) in [5, 5.41) is 0. The summed E-state index contributed by atoms with van der Waals surface area (Å²) >= 11 is 0. The summed E-state index contributed by atoms with van der Waals surface area (Å²) in [6.07, 6.45) is 13.5. The number of aromatic nitrogens is 4. The Bertz CT molecular complexity index is 1660. The van der Waals surface area contributed by atoms with Gasteiger partial charge in [-0.2, -0.15) is 0 Å². The Morgan fingerprint density at radius 2 is 0.804 bits per heavy atom. The molecule has 7 rings (SSSR count). The Balaban J connectivity index is 1.16. The topological polar surface area (TPSA) is 116 Å². The first kappa shape index (κ1) is 29.2. The van der Waals surface area contributed by atoms with Crippen molar-refractivity contribution >= 4 is 17.2 Å². The molecular formula is C33H24N4O7P2. The normalized spacial score (nSPS) is 11.5. The van der Waals surface area contributed by atoms with Gasteiger partial charge in [-0.15, -0.1) is 0 Å². The number of para-hydroxylation sites is 2. The Morgan fingerprint density at radius 3 is 1.13 bits per heavy atom. The number of nitrogens with zero attached hydrogens (tertiary/aromatic N) is 4. The van der Waals surface area contributed by atoms with Crippen LogP contribution in [0.15, 0.2) is 135 Å². The van der Waals surface area contributed by atoms with E-state index in [0.29, 0.717) is 52.4 Å². The molecule has 4 aromatic heterocycles. The lowest BCUT2D eigenvalue weighted by Gasteiger charge is -2.26. The van der Waals surface area contributed by atoms with Crippen LogP contribution in [-0.2, 0) is 6.42 Å². The highest BCUT2D eigenvalue weighted by Gasteiger charge is 2.30. The second kappa shape index (κ2) is 14.1. The maximum Gasteiger partial charge on any atom is 0.530 e. The minimum atomic E-state index is -1.99. The van der Waals surface area contributed by atoms with Crippen LogP contribution in [0.25, 0.3) is 0 Å². The van der Waals surface area contributed by atoms with Crippen LogP contribution >= 0.6 is 17.2 Å². The Morgan fingerprint density at radius 1 is 0.435 bits per heavy atom. The fraction of sp³-hybridized carbons (Fsp3) is 0.0303. The van der Waals surface area contributed by atoms with Crippen LogP contribution in [0.5, 0.6) is 46.0 Å². The molecule has 1 aliphatic heterocycles. The van der Waals surface area contributed by atoms with Gasteiger partial charge in [0, 0.05) is 42.3 Å². The molecule has 0 saturated heterocycles. The molecule has 5 heterocycles. The molecule has 0 fully saturated rings. The molecule has 2 aromatic carbocycles.